The summed E-state index contributed by atoms with van der Waals surface area (Å²) < 4.78 is 53.9. The summed E-state index contributed by atoms with van der Waals surface area (Å²) in [6.07, 6.45) is -5.13. The number of rotatable bonds is 8. The topological polar surface area (TPSA) is 101 Å². The molecule has 3 heterocycles. The number of likely N-dealkylation sites (tertiary alicyclic amines) is 1. The molecule has 3 aromatic carbocycles. The molecule has 45 heavy (non-hydrogen) atoms. The Bertz CT molecular complexity index is 1620. The van der Waals surface area contributed by atoms with Crippen molar-refractivity contribution in [2.24, 2.45) is 0 Å². The molecule has 4 aromatic rings. The second-order valence-corrected chi connectivity index (χ2v) is 13.2. The van der Waals surface area contributed by atoms with E-state index in [4.69, 9.17) is 14.5 Å². The van der Waals surface area contributed by atoms with E-state index in [1.807, 2.05) is 48.5 Å². The summed E-state index contributed by atoms with van der Waals surface area (Å²) in [5.74, 6) is -2.02. The monoisotopic (exact) mass is 657 g/mol. The number of thiazole rings is 1. The summed E-state index contributed by atoms with van der Waals surface area (Å²) in [6, 6.07) is 21.1. The van der Waals surface area contributed by atoms with E-state index < -0.39 is 30.3 Å². The van der Waals surface area contributed by atoms with Crippen LogP contribution >= 0.6 is 23.1 Å². The number of ether oxygens (including phenoxy) is 2. The summed E-state index contributed by atoms with van der Waals surface area (Å²) in [5.41, 5.74) is 3.79. The number of nitrogens with zero attached hydrogens (tertiary/aromatic N) is 2. The van der Waals surface area contributed by atoms with Crippen LogP contribution in [0, 0.1) is 0 Å². The van der Waals surface area contributed by atoms with Gasteiger partial charge in [0.1, 0.15) is 6.04 Å². The summed E-state index contributed by atoms with van der Waals surface area (Å²) in [6.45, 7) is -0.173. The van der Waals surface area contributed by atoms with Gasteiger partial charge in [0.15, 0.2) is 10.6 Å². The number of aliphatic hydroxyl groups is 1. The van der Waals surface area contributed by atoms with Crippen molar-refractivity contribution in [1.82, 2.24) is 9.88 Å². The second-order valence-electron chi connectivity index (χ2n) is 10.9. The number of carbonyl (C=O) groups is 2. The summed E-state index contributed by atoms with van der Waals surface area (Å²) in [5, 5.41) is 12.1. The molecule has 0 bridgehead atoms. The normalized spacial score (nSPS) is 22.1. The van der Waals surface area contributed by atoms with Gasteiger partial charge in [-0.15, -0.1) is 11.3 Å². The molecule has 13 heteroatoms. The fraction of sp³-hybridized carbons (Fsp3) is 0.344. The number of aliphatic hydroxyl groups excluding tert-OH is 1. The van der Waals surface area contributed by atoms with Crippen molar-refractivity contribution in [2.75, 3.05) is 17.6 Å². The van der Waals surface area contributed by atoms with Crippen LogP contribution < -0.4 is 5.32 Å². The van der Waals surface area contributed by atoms with Gasteiger partial charge in [0.25, 0.3) is 0 Å². The first kappa shape index (κ1) is 31.5. The number of benzene rings is 3. The van der Waals surface area contributed by atoms with Crippen LogP contribution in [0.4, 0.5) is 18.9 Å². The number of para-hydroxylation sites is 1. The third-order valence-corrected chi connectivity index (χ3v) is 10.1. The lowest BCUT2D eigenvalue weighted by Gasteiger charge is -2.36. The van der Waals surface area contributed by atoms with Gasteiger partial charge in [-0.2, -0.15) is 13.2 Å². The highest BCUT2D eigenvalue weighted by atomic mass is 32.2. The molecule has 2 fully saturated rings. The Morgan fingerprint density at radius 3 is 2.47 bits per heavy atom. The molecule has 0 radical (unpaired) electrons. The Morgan fingerprint density at radius 2 is 1.76 bits per heavy atom. The van der Waals surface area contributed by atoms with Gasteiger partial charge in [0.2, 0.25) is 5.91 Å². The molecule has 2 aliphatic heterocycles. The average Bonchev–Trinajstić information content (AvgIpc) is 3.71. The fourth-order valence-electron chi connectivity index (χ4n) is 5.49. The summed E-state index contributed by atoms with van der Waals surface area (Å²) >= 11 is 3.26. The van der Waals surface area contributed by atoms with E-state index >= 15 is 0 Å². The highest BCUT2D eigenvalue weighted by molar-refractivity contribution is 8.01. The molecule has 236 valence electrons. The number of nitrogens with one attached hydrogen (secondary N) is 1. The van der Waals surface area contributed by atoms with Crippen molar-refractivity contribution in [2.45, 2.75) is 60.9 Å². The van der Waals surface area contributed by atoms with E-state index in [-0.39, 0.29) is 31.8 Å². The number of thioether (sulfide) groups is 1. The molecule has 4 atom stereocenters. The predicted octanol–water partition coefficient (Wildman–Crippen LogP) is 6.62. The Balaban J connectivity index is 1.15. The Morgan fingerprint density at radius 1 is 1.02 bits per heavy atom. The van der Waals surface area contributed by atoms with E-state index in [2.05, 4.69) is 5.32 Å². The molecular weight excluding hydrogens is 627 g/mol. The second kappa shape index (κ2) is 13.5. The third-order valence-electron chi connectivity index (χ3n) is 7.79. The number of aromatic nitrogens is 1. The largest absolute Gasteiger partial charge is 0.471 e. The zero-order valence-electron chi connectivity index (χ0n) is 23.9. The van der Waals surface area contributed by atoms with Crippen LogP contribution in [0.2, 0.25) is 0 Å². The molecule has 2 N–H and O–H groups in total. The lowest BCUT2D eigenvalue weighted by atomic mass is 10.0. The number of hydrogen-bond acceptors (Lipinski definition) is 8. The van der Waals surface area contributed by atoms with Gasteiger partial charge in [-0.3, -0.25) is 9.59 Å². The molecule has 0 spiro atoms. The maximum Gasteiger partial charge on any atom is 0.471 e. The minimum absolute atomic E-state index is 0.0563. The van der Waals surface area contributed by atoms with E-state index in [9.17, 15) is 27.9 Å². The molecule has 0 unspecified atom stereocenters. The van der Waals surface area contributed by atoms with E-state index in [1.54, 1.807) is 47.4 Å². The lowest BCUT2D eigenvalue weighted by molar-refractivity contribution is -0.245. The first-order chi connectivity index (χ1) is 21.7. The molecule has 0 aliphatic carbocycles. The van der Waals surface area contributed by atoms with Crippen LogP contribution in [-0.4, -0.2) is 57.4 Å². The van der Waals surface area contributed by atoms with Gasteiger partial charge in [-0.1, -0.05) is 60.3 Å². The standard InChI is InChI=1S/C32H30F3N3O5S2/c33-32(34,35)30(41)38-15-3-5-25(38)28(40)36-22-13-11-21(12-14-22)29-42-23(16-26(43-29)20-9-7-19(17-39)8-10-20)18-44-31-37-24-4-1-2-6-27(24)45-31/h1-2,4,6-14,23,25-26,29,39H,3,5,15-18H2,(H,36,40)/t23-,25-,26+,29+/m0/s1. The van der Waals surface area contributed by atoms with E-state index in [0.717, 1.165) is 25.7 Å². The van der Waals surface area contributed by atoms with Crippen molar-refractivity contribution in [3.8, 4) is 0 Å². The van der Waals surface area contributed by atoms with Gasteiger partial charge in [0.05, 0.1) is 29.0 Å². The zero-order chi connectivity index (χ0) is 31.6. The smallest absolute Gasteiger partial charge is 0.392 e. The molecule has 2 aliphatic rings. The number of carbonyl (C=O) groups excluding carboxylic acids is 2. The zero-order valence-corrected chi connectivity index (χ0v) is 25.5. The highest BCUT2D eigenvalue weighted by Gasteiger charge is 2.47. The Labute approximate surface area is 265 Å². The van der Waals surface area contributed by atoms with Gasteiger partial charge >= 0.3 is 12.1 Å². The maximum atomic E-state index is 13.0. The number of anilines is 1. The van der Waals surface area contributed by atoms with Crippen LogP contribution in [0.3, 0.4) is 0 Å². The fourth-order valence-corrected chi connectivity index (χ4v) is 7.61. The number of amides is 2. The van der Waals surface area contributed by atoms with Crippen LogP contribution in [0.1, 0.15) is 48.3 Å². The molecule has 8 nitrogen and oxygen atoms in total. The van der Waals surface area contributed by atoms with Gasteiger partial charge < -0.3 is 24.8 Å². The number of fused-ring (bicyclic) bond motifs is 1. The molecule has 2 saturated heterocycles. The lowest BCUT2D eigenvalue weighted by Crippen LogP contribution is -2.48. The van der Waals surface area contributed by atoms with Crippen LogP contribution in [0.5, 0.6) is 0 Å². The van der Waals surface area contributed by atoms with E-state index in [1.165, 1.54) is 0 Å². The SMILES string of the molecule is O=C(Nc1ccc([C@@H]2O[C@H](CSc3nc4ccccc4s3)C[C@H](c3ccc(CO)cc3)O2)cc1)[C@@H]1CCCN1C(=O)C(F)(F)F. The molecule has 6 rings (SSSR count). The molecular formula is C32H30F3N3O5S2. The molecule has 0 saturated carbocycles. The average molecular weight is 658 g/mol. The molecule has 1 aromatic heterocycles. The van der Waals surface area contributed by atoms with Crippen molar-refractivity contribution in [3.05, 3.63) is 89.5 Å². The third kappa shape index (κ3) is 7.33. The van der Waals surface area contributed by atoms with Crippen LogP contribution in [0.15, 0.2) is 77.1 Å². The maximum absolute atomic E-state index is 13.0. The number of alkyl halides is 3. The first-order valence-electron chi connectivity index (χ1n) is 14.5. The van der Waals surface area contributed by atoms with Crippen LogP contribution in [0.25, 0.3) is 10.2 Å². The van der Waals surface area contributed by atoms with Crippen molar-refractivity contribution in [1.29, 1.82) is 0 Å². The number of halogens is 3. The minimum atomic E-state index is -5.03. The van der Waals surface area contributed by atoms with Gasteiger partial charge in [-0.05, 0) is 48.2 Å². The number of hydrogen-bond donors (Lipinski definition) is 2. The summed E-state index contributed by atoms with van der Waals surface area (Å²) in [4.78, 5) is 29.9. The first-order valence-corrected chi connectivity index (χ1v) is 16.3. The van der Waals surface area contributed by atoms with Crippen LogP contribution in [-0.2, 0) is 25.7 Å². The van der Waals surface area contributed by atoms with Crippen molar-refractivity contribution >= 4 is 50.8 Å². The Kier molecular flexibility index (Phi) is 9.43. The Hall–Kier alpha value is -3.49. The quantitative estimate of drug-likeness (QED) is 0.206. The summed E-state index contributed by atoms with van der Waals surface area (Å²) in [7, 11) is 0. The predicted molar refractivity (Wildman–Crippen MR) is 165 cm³/mol. The van der Waals surface area contributed by atoms with E-state index in [0.29, 0.717) is 34.7 Å². The van der Waals surface area contributed by atoms with Gasteiger partial charge in [-0.25, -0.2) is 4.98 Å². The minimum Gasteiger partial charge on any atom is -0.392 e. The molecule has 2 amide bonds. The van der Waals surface area contributed by atoms with Gasteiger partial charge in [0, 0.05) is 30.0 Å². The highest BCUT2D eigenvalue weighted by Crippen LogP contribution is 2.40. The van der Waals surface area contributed by atoms with Crippen molar-refractivity contribution in [3.63, 3.8) is 0 Å². The van der Waals surface area contributed by atoms with Crippen molar-refractivity contribution < 1.29 is 37.3 Å².